The van der Waals surface area contributed by atoms with Crippen LogP contribution in [0.3, 0.4) is 0 Å². The molecule has 2 nitrogen and oxygen atoms in total. The molecule has 4 heteroatoms. The zero-order valence-electron chi connectivity index (χ0n) is 18.1. The topological polar surface area (TPSA) is 18.5 Å². The van der Waals surface area contributed by atoms with E-state index in [4.69, 9.17) is 32.7 Å². The number of ether oxygens (including phenoxy) is 2. The molecule has 3 aromatic carbocycles. The summed E-state index contributed by atoms with van der Waals surface area (Å²) in [6, 6.07) is 24.7. The average Bonchev–Trinajstić information content (AvgIpc) is 3.03. The lowest BCUT2D eigenvalue weighted by molar-refractivity contribution is -0.149. The SMILES string of the molecule is C[C@H](Cc1ccc(-c2cc(Cl)cc(Cl)c2)cc1)[C@H]1OC(C)(C)OC1Cc1ccccc1. The highest BCUT2D eigenvalue weighted by Crippen LogP contribution is 2.35. The summed E-state index contributed by atoms with van der Waals surface area (Å²) >= 11 is 12.3. The lowest BCUT2D eigenvalue weighted by Crippen LogP contribution is -2.32. The minimum absolute atomic E-state index is 0.0419. The van der Waals surface area contributed by atoms with Gasteiger partial charge in [0.25, 0.3) is 0 Å². The highest BCUT2D eigenvalue weighted by Gasteiger charge is 2.43. The molecule has 0 saturated carbocycles. The Labute approximate surface area is 195 Å². The summed E-state index contributed by atoms with van der Waals surface area (Å²) < 4.78 is 12.6. The Morgan fingerprint density at radius 2 is 1.45 bits per heavy atom. The molecule has 0 N–H and O–H groups in total. The molecule has 0 amide bonds. The quantitative estimate of drug-likeness (QED) is 0.381. The van der Waals surface area contributed by atoms with Crippen molar-refractivity contribution in [2.24, 2.45) is 5.92 Å². The number of benzene rings is 3. The van der Waals surface area contributed by atoms with Gasteiger partial charge in [-0.1, -0.05) is 84.7 Å². The summed E-state index contributed by atoms with van der Waals surface area (Å²) in [5.41, 5.74) is 4.67. The van der Waals surface area contributed by atoms with Crippen LogP contribution in [0, 0.1) is 5.92 Å². The summed E-state index contributed by atoms with van der Waals surface area (Å²) in [4.78, 5) is 0. The van der Waals surface area contributed by atoms with Crippen molar-refractivity contribution in [1.82, 2.24) is 0 Å². The number of halogens is 2. The summed E-state index contributed by atoms with van der Waals surface area (Å²) in [6.45, 7) is 6.25. The predicted octanol–water partition coefficient (Wildman–Crippen LogP) is 7.60. The highest BCUT2D eigenvalue weighted by atomic mass is 35.5. The first-order chi connectivity index (χ1) is 14.8. The van der Waals surface area contributed by atoms with Crippen LogP contribution in [0.15, 0.2) is 72.8 Å². The third-order valence-electron chi connectivity index (χ3n) is 5.77. The molecule has 3 atom stereocenters. The average molecular weight is 455 g/mol. The highest BCUT2D eigenvalue weighted by molar-refractivity contribution is 6.35. The van der Waals surface area contributed by atoms with Gasteiger partial charge < -0.3 is 9.47 Å². The van der Waals surface area contributed by atoms with Crippen molar-refractivity contribution in [3.63, 3.8) is 0 Å². The second-order valence-electron chi connectivity index (χ2n) is 8.86. The van der Waals surface area contributed by atoms with E-state index in [9.17, 15) is 0 Å². The Morgan fingerprint density at radius 3 is 2.10 bits per heavy atom. The van der Waals surface area contributed by atoms with Crippen molar-refractivity contribution in [2.45, 2.75) is 51.6 Å². The van der Waals surface area contributed by atoms with Crippen LogP contribution in [0.25, 0.3) is 11.1 Å². The van der Waals surface area contributed by atoms with Gasteiger partial charge in [0.1, 0.15) is 0 Å². The van der Waals surface area contributed by atoms with Gasteiger partial charge in [-0.2, -0.15) is 0 Å². The molecule has 1 saturated heterocycles. The van der Waals surface area contributed by atoms with Crippen LogP contribution in [0.2, 0.25) is 10.0 Å². The lowest BCUT2D eigenvalue weighted by Gasteiger charge is -2.24. The Hall–Kier alpha value is -1.84. The Balaban J connectivity index is 1.46. The van der Waals surface area contributed by atoms with Crippen molar-refractivity contribution in [2.75, 3.05) is 0 Å². The fourth-order valence-electron chi connectivity index (χ4n) is 4.39. The molecule has 162 valence electrons. The molecular weight excluding hydrogens is 427 g/mol. The van der Waals surface area contributed by atoms with E-state index >= 15 is 0 Å². The number of hydrogen-bond acceptors (Lipinski definition) is 2. The standard InChI is InChI=1S/C27H28Cl2O2/c1-18(26-25(30-27(2,3)31-26)14-19-7-5-4-6-8-19)13-20-9-11-21(12-10-20)22-15-23(28)17-24(29)16-22/h4-12,15-18,25-26H,13-14H2,1-3H3/t18-,25?,26-/m1/s1. The summed E-state index contributed by atoms with van der Waals surface area (Å²) in [5, 5.41) is 1.29. The van der Waals surface area contributed by atoms with Crippen molar-refractivity contribution in [3.05, 3.63) is 94.0 Å². The molecule has 1 aliphatic heterocycles. The molecule has 0 bridgehead atoms. The molecule has 1 fully saturated rings. The molecule has 1 heterocycles. The normalized spacial score (nSPS) is 21.2. The zero-order valence-corrected chi connectivity index (χ0v) is 19.7. The third kappa shape index (κ3) is 5.70. The molecule has 0 radical (unpaired) electrons. The van der Waals surface area contributed by atoms with Crippen molar-refractivity contribution in [3.8, 4) is 11.1 Å². The van der Waals surface area contributed by atoms with E-state index < -0.39 is 5.79 Å². The first-order valence-electron chi connectivity index (χ1n) is 10.7. The molecule has 0 spiro atoms. The van der Waals surface area contributed by atoms with Crippen molar-refractivity contribution in [1.29, 1.82) is 0 Å². The maximum Gasteiger partial charge on any atom is 0.163 e. The predicted molar refractivity (Wildman–Crippen MR) is 129 cm³/mol. The lowest BCUT2D eigenvalue weighted by atomic mass is 9.90. The van der Waals surface area contributed by atoms with Gasteiger partial charge in [-0.05, 0) is 66.6 Å². The maximum atomic E-state index is 6.34. The Morgan fingerprint density at radius 1 is 0.806 bits per heavy atom. The fraction of sp³-hybridized carbons (Fsp3) is 0.333. The number of hydrogen-bond donors (Lipinski definition) is 0. The van der Waals surface area contributed by atoms with E-state index in [0.29, 0.717) is 16.0 Å². The van der Waals surface area contributed by atoms with E-state index in [2.05, 4.69) is 55.5 Å². The molecule has 1 aliphatic rings. The smallest absolute Gasteiger partial charge is 0.163 e. The molecule has 3 aromatic rings. The minimum Gasteiger partial charge on any atom is -0.344 e. The van der Waals surface area contributed by atoms with Gasteiger partial charge in [0.2, 0.25) is 0 Å². The van der Waals surface area contributed by atoms with E-state index in [0.717, 1.165) is 24.0 Å². The van der Waals surface area contributed by atoms with Crippen molar-refractivity contribution >= 4 is 23.2 Å². The first-order valence-corrected chi connectivity index (χ1v) is 11.5. The monoisotopic (exact) mass is 454 g/mol. The van der Waals surface area contributed by atoms with E-state index in [1.54, 1.807) is 6.07 Å². The molecule has 0 aromatic heterocycles. The first kappa shape index (κ1) is 22.4. The van der Waals surface area contributed by atoms with E-state index in [-0.39, 0.29) is 12.2 Å². The summed E-state index contributed by atoms with van der Waals surface area (Å²) in [6.07, 6.45) is 1.86. The van der Waals surface area contributed by atoms with Gasteiger partial charge in [-0.25, -0.2) is 0 Å². The van der Waals surface area contributed by atoms with Crippen LogP contribution < -0.4 is 0 Å². The van der Waals surface area contributed by atoms with Crippen LogP contribution >= 0.6 is 23.2 Å². The fourth-order valence-corrected chi connectivity index (χ4v) is 4.92. The molecular formula is C27H28Cl2O2. The molecule has 4 rings (SSSR count). The maximum absolute atomic E-state index is 6.34. The van der Waals surface area contributed by atoms with E-state index in [1.165, 1.54) is 11.1 Å². The summed E-state index contributed by atoms with van der Waals surface area (Å²) in [5.74, 6) is -0.240. The van der Waals surface area contributed by atoms with Gasteiger partial charge in [0.15, 0.2) is 5.79 Å². The van der Waals surface area contributed by atoms with Gasteiger partial charge in [0, 0.05) is 16.5 Å². The number of rotatable bonds is 6. The minimum atomic E-state index is -0.561. The van der Waals surface area contributed by atoms with Gasteiger partial charge in [-0.15, -0.1) is 0 Å². The second-order valence-corrected chi connectivity index (χ2v) is 9.74. The second kappa shape index (κ2) is 9.34. The van der Waals surface area contributed by atoms with Crippen LogP contribution in [0.5, 0.6) is 0 Å². The van der Waals surface area contributed by atoms with E-state index in [1.807, 2.05) is 32.0 Å². The molecule has 31 heavy (non-hydrogen) atoms. The Bertz CT molecular complexity index is 995. The van der Waals surface area contributed by atoms with Crippen LogP contribution in [0.1, 0.15) is 31.9 Å². The summed E-state index contributed by atoms with van der Waals surface area (Å²) in [7, 11) is 0. The largest absolute Gasteiger partial charge is 0.344 e. The Kier molecular flexibility index (Phi) is 6.74. The van der Waals surface area contributed by atoms with Crippen LogP contribution in [-0.4, -0.2) is 18.0 Å². The van der Waals surface area contributed by atoms with Crippen LogP contribution in [0.4, 0.5) is 0 Å². The third-order valence-corrected chi connectivity index (χ3v) is 6.21. The van der Waals surface area contributed by atoms with Crippen LogP contribution in [-0.2, 0) is 22.3 Å². The van der Waals surface area contributed by atoms with Gasteiger partial charge >= 0.3 is 0 Å². The van der Waals surface area contributed by atoms with Gasteiger partial charge in [0.05, 0.1) is 12.2 Å². The zero-order chi connectivity index (χ0) is 22.0. The van der Waals surface area contributed by atoms with Crippen molar-refractivity contribution < 1.29 is 9.47 Å². The van der Waals surface area contributed by atoms with Gasteiger partial charge in [-0.3, -0.25) is 0 Å². The molecule has 1 unspecified atom stereocenters. The molecule has 0 aliphatic carbocycles.